The molecule has 0 aliphatic carbocycles. The molecule has 1 aromatic carbocycles. The van der Waals surface area contributed by atoms with Gasteiger partial charge in [0.15, 0.2) is 0 Å². The third kappa shape index (κ3) is 4.06. The van der Waals surface area contributed by atoms with Crippen LogP contribution >= 0.6 is 35.0 Å². The van der Waals surface area contributed by atoms with Crippen LogP contribution in [0, 0.1) is 0 Å². The van der Waals surface area contributed by atoms with Crippen molar-refractivity contribution in [3.63, 3.8) is 0 Å². The van der Waals surface area contributed by atoms with Crippen LogP contribution in [0.5, 0.6) is 5.75 Å². The molecule has 0 spiro atoms. The molecule has 0 radical (unpaired) electrons. The van der Waals surface area contributed by atoms with Gasteiger partial charge in [-0.25, -0.2) is 0 Å². The highest BCUT2D eigenvalue weighted by atomic mass is 35.5. The van der Waals surface area contributed by atoms with Crippen LogP contribution in [-0.4, -0.2) is 23.2 Å². The summed E-state index contributed by atoms with van der Waals surface area (Å²) in [6.07, 6.45) is 2.06. The fourth-order valence-corrected chi connectivity index (χ4v) is 2.50. The van der Waals surface area contributed by atoms with E-state index >= 15 is 0 Å². The largest absolute Gasteiger partial charge is 0.506 e. The van der Waals surface area contributed by atoms with Crippen LogP contribution in [0.4, 0.5) is 0 Å². The molecular weight excluding hydrogens is 265 g/mol. The number of nitrogens with one attached hydrogen (secondary N) is 1. The molecule has 0 saturated carbocycles. The minimum atomic E-state index is 0.106. The molecule has 0 heterocycles. The van der Waals surface area contributed by atoms with Gasteiger partial charge in [-0.2, -0.15) is 11.8 Å². The third-order valence-electron chi connectivity index (χ3n) is 2.16. The zero-order valence-corrected chi connectivity index (χ0v) is 11.6. The van der Waals surface area contributed by atoms with Crippen molar-refractivity contribution in [2.75, 3.05) is 12.0 Å². The van der Waals surface area contributed by atoms with Gasteiger partial charge in [0.2, 0.25) is 0 Å². The predicted octanol–water partition coefficient (Wildman–Crippen LogP) is 3.54. The van der Waals surface area contributed by atoms with E-state index < -0.39 is 0 Å². The molecule has 0 fully saturated rings. The fraction of sp³-hybridized carbons (Fsp3) is 0.455. The van der Waals surface area contributed by atoms with E-state index in [1.165, 1.54) is 6.07 Å². The molecule has 0 saturated heterocycles. The van der Waals surface area contributed by atoms with Gasteiger partial charge in [-0.1, -0.05) is 23.2 Å². The second-order valence-corrected chi connectivity index (χ2v) is 5.39. The van der Waals surface area contributed by atoms with Crippen molar-refractivity contribution in [2.24, 2.45) is 0 Å². The first-order chi connectivity index (χ1) is 7.54. The molecule has 5 heteroatoms. The summed E-state index contributed by atoms with van der Waals surface area (Å²) in [6.45, 7) is 2.66. The Morgan fingerprint density at radius 1 is 1.44 bits per heavy atom. The van der Waals surface area contributed by atoms with Crippen LogP contribution in [0.25, 0.3) is 0 Å². The molecular formula is C11H15Cl2NOS. The molecule has 90 valence electrons. The molecule has 1 atom stereocenters. The standard InChI is InChI=1S/C11H15Cl2NOS/c1-7(6-16-2)14-5-8-3-9(12)4-10(13)11(8)15/h3-4,7,14-15H,5-6H2,1-2H3. The maximum Gasteiger partial charge on any atom is 0.138 e. The summed E-state index contributed by atoms with van der Waals surface area (Å²) in [6, 6.07) is 3.64. The summed E-state index contributed by atoms with van der Waals surface area (Å²) in [5, 5.41) is 13.9. The lowest BCUT2D eigenvalue weighted by molar-refractivity contribution is 0.462. The molecule has 0 aromatic heterocycles. The van der Waals surface area contributed by atoms with Crippen molar-refractivity contribution in [3.8, 4) is 5.75 Å². The van der Waals surface area contributed by atoms with E-state index in [0.29, 0.717) is 22.6 Å². The number of aromatic hydroxyl groups is 1. The zero-order chi connectivity index (χ0) is 12.1. The molecule has 0 aliphatic heterocycles. The van der Waals surface area contributed by atoms with Crippen molar-refractivity contribution < 1.29 is 5.11 Å². The number of hydrogen-bond acceptors (Lipinski definition) is 3. The van der Waals surface area contributed by atoms with Gasteiger partial charge in [-0.15, -0.1) is 0 Å². The van der Waals surface area contributed by atoms with Gasteiger partial charge in [-0.3, -0.25) is 0 Å². The Morgan fingerprint density at radius 2 is 2.12 bits per heavy atom. The van der Waals surface area contributed by atoms with Gasteiger partial charge in [0, 0.05) is 28.9 Å². The van der Waals surface area contributed by atoms with Crippen LogP contribution in [-0.2, 0) is 6.54 Å². The summed E-state index contributed by atoms with van der Waals surface area (Å²) in [5.41, 5.74) is 0.727. The highest BCUT2D eigenvalue weighted by molar-refractivity contribution is 7.98. The van der Waals surface area contributed by atoms with Gasteiger partial charge in [0.1, 0.15) is 5.75 Å². The first-order valence-corrected chi connectivity index (χ1v) is 7.08. The number of benzene rings is 1. The van der Waals surface area contributed by atoms with Gasteiger partial charge >= 0.3 is 0 Å². The maximum absolute atomic E-state index is 9.73. The number of rotatable bonds is 5. The predicted molar refractivity (Wildman–Crippen MR) is 72.8 cm³/mol. The molecule has 16 heavy (non-hydrogen) atoms. The van der Waals surface area contributed by atoms with E-state index in [4.69, 9.17) is 23.2 Å². The fourth-order valence-electron chi connectivity index (χ4n) is 1.35. The second kappa shape index (κ2) is 6.60. The molecule has 0 aliphatic rings. The Labute approximate surface area is 110 Å². The Morgan fingerprint density at radius 3 is 2.75 bits per heavy atom. The lowest BCUT2D eigenvalue weighted by atomic mass is 10.2. The van der Waals surface area contributed by atoms with E-state index in [-0.39, 0.29) is 5.75 Å². The Kier molecular flexibility index (Phi) is 5.76. The lowest BCUT2D eigenvalue weighted by Gasteiger charge is -2.13. The summed E-state index contributed by atoms with van der Waals surface area (Å²) in [4.78, 5) is 0. The monoisotopic (exact) mass is 279 g/mol. The van der Waals surface area contributed by atoms with Gasteiger partial charge in [0.25, 0.3) is 0 Å². The number of phenolic OH excluding ortho intramolecular Hbond substituents is 1. The topological polar surface area (TPSA) is 32.3 Å². The van der Waals surface area contributed by atoms with Crippen molar-refractivity contribution in [2.45, 2.75) is 19.5 Å². The van der Waals surface area contributed by atoms with Gasteiger partial charge in [-0.05, 0) is 25.3 Å². The van der Waals surface area contributed by atoms with E-state index in [2.05, 4.69) is 18.5 Å². The van der Waals surface area contributed by atoms with Crippen LogP contribution in [0.1, 0.15) is 12.5 Å². The Bertz CT molecular complexity index is 360. The highest BCUT2D eigenvalue weighted by Crippen LogP contribution is 2.31. The average molecular weight is 280 g/mol. The van der Waals surface area contributed by atoms with Gasteiger partial charge in [0.05, 0.1) is 5.02 Å². The third-order valence-corrected chi connectivity index (χ3v) is 3.50. The van der Waals surface area contributed by atoms with E-state index in [1.807, 2.05) is 0 Å². The summed E-state index contributed by atoms with van der Waals surface area (Å²) in [7, 11) is 0. The van der Waals surface area contributed by atoms with E-state index in [9.17, 15) is 5.11 Å². The van der Waals surface area contributed by atoms with E-state index in [0.717, 1.165) is 11.3 Å². The van der Waals surface area contributed by atoms with Crippen LogP contribution in [0.2, 0.25) is 10.0 Å². The molecule has 2 nitrogen and oxygen atoms in total. The van der Waals surface area contributed by atoms with Crippen molar-refractivity contribution in [1.29, 1.82) is 0 Å². The van der Waals surface area contributed by atoms with Crippen molar-refractivity contribution in [1.82, 2.24) is 5.32 Å². The minimum Gasteiger partial charge on any atom is -0.506 e. The lowest BCUT2D eigenvalue weighted by Crippen LogP contribution is -2.27. The smallest absolute Gasteiger partial charge is 0.138 e. The SMILES string of the molecule is CSCC(C)NCc1cc(Cl)cc(Cl)c1O. The van der Waals surface area contributed by atoms with Crippen molar-refractivity contribution >= 4 is 35.0 Å². The minimum absolute atomic E-state index is 0.106. The quantitative estimate of drug-likeness (QED) is 0.865. The molecule has 0 bridgehead atoms. The van der Waals surface area contributed by atoms with Crippen LogP contribution < -0.4 is 5.32 Å². The second-order valence-electron chi connectivity index (χ2n) is 3.63. The molecule has 1 aromatic rings. The van der Waals surface area contributed by atoms with Crippen LogP contribution in [0.3, 0.4) is 0 Å². The van der Waals surface area contributed by atoms with Crippen molar-refractivity contribution in [3.05, 3.63) is 27.7 Å². The summed E-state index contributed by atoms with van der Waals surface area (Å²) >= 11 is 13.5. The molecule has 2 N–H and O–H groups in total. The summed E-state index contributed by atoms with van der Waals surface area (Å²) < 4.78 is 0. The van der Waals surface area contributed by atoms with E-state index in [1.54, 1.807) is 17.8 Å². The van der Waals surface area contributed by atoms with Crippen LogP contribution in [0.15, 0.2) is 12.1 Å². The molecule has 1 unspecified atom stereocenters. The normalized spacial score (nSPS) is 12.8. The average Bonchev–Trinajstić information content (AvgIpc) is 2.21. The number of hydrogen-bond donors (Lipinski definition) is 2. The molecule has 1 rings (SSSR count). The summed E-state index contributed by atoms with van der Waals surface area (Å²) in [5.74, 6) is 1.13. The number of halogens is 2. The Hall–Kier alpha value is -0.0900. The number of thioether (sulfide) groups is 1. The van der Waals surface area contributed by atoms with Gasteiger partial charge < -0.3 is 10.4 Å². The Balaban J connectivity index is 2.66. The highest BCUT2D eigenvalue weighted by Gasteiger charge is 2.08. The first-order valence-electron chi connectivity index (χ1n) is 4.93. The maximum atomic E-state index is 9.73. The number of phenols is 1. The molecule has 0 amide bonds. The first kappa shape index (κ1) is 14.0. The zero-order valence-electron chi connectivity index (χ0n) is 9.26.